The molecule has 2 saturated heterocycles. The van der Waals surface area contributed by atoms with E-state index in [1.54, 1.807) is 6.08 Å². The van der Waals surface area contributed by atoms with Crippen molar-refractivity contribution in [3.05, 3.63) is 87.3 Å². The molecule has 0 saturated carbocycles. The standard InChI is InChI=1S/C20H24N2OS.C12H15N.Ir/c1-11-6-8-15-14-4-3-5-16(18(14)23-19(15)21-11)17-9-7-13-10-12(2)24-20(13)22-17;1-10-7-8-12(13-9-10)11-5-3-2-4-6-11;/h5-8,12,14-15,17,19-20H,3-4,9-10H2,1-2H3;7-8H,2-5,9H2,1H3;/q2*-2;/t12?,14?,15?,17-,19?,20-;;/m1../s1/i1D3;;. The minimum atomic E-state index is -2.18. The Labute approximate surface area is 251 Å². The second-order valence-electron chi connectivity index (χ2n) is 11.1. The van der Waals surface area contributed by atoms with Crippen LogP contribution in [0.5, 0.6) is 0 Å². The van der Waals surface area contributed by atoms with Crippen molar-refractivity contribution >= 4 is 17.5 Å². The zero-order chi connectivity index (χ0) is 27.9. The van der Waals surface area contributed by atoms with Crippen molar-refractivity contribution in [3.8, 4) is 0 Å². The molecule has 5 heterocycles. The van der Waals surface area contributed by atoms with Gasteiger partial charge in [0.05, 0.1) is 0 Å². The average molecular weight is 709 g/mol. The van der Waals surface area contributed by atoms with Crippen LogP contribution >= 0.6 is 11.8 Å². The molecule has 7 rings (SSSR count). The Bertz CT molecular complexity index is 1230. The van der Waals surface area contributed by atoms with Crippen LogP contribution in [0, 0.1) is 24.3 Å². The van der Waals surface area contributed by atoms with Crippen LogP contribution in [-0.4, -0.2) is 35.1 Å². The molecule has 0 aromatic rings. The summed E-state index contributed by atoms with van der Waals surface area (Å²) in [6.07, 6.45) is 24.7. The average Bonchev–Trinajstić information content (AvgIpc) is 3.52. The van der Waals surface area contributed by atoms with Crippen molar-refractivity contribution in [2.45, 2.75) is 95.0 Å². The van der Waals surface area contributed by atoms with Crippen LogP contribution in [0.4, 0.5) is 0 Å². The van der Waals surface area contributed by atoms with Crippen molar-refractivity contribution in [1.82, 2.24) is 0 Å². The van der Waals surface area contributed by atoms with Gasteiger partial charge < -0.3 is 21.1 Å². The molecular weight excluding hydrogens is 667 g/mol. The predicted molar refractivity (Wildman–Crippen MR) is 155 cm³/mol. The van der Waals surface area contributed by atoms with Crippen molar-refractivity contribution in [2.24, 2.45) is 16.8 Å². The van der Waals surface area contributed by atoms with Crippen molar-refractivity contribution in [2.75, 3.05) is 6.54 Å². The van der Waals surface area contributed by atoms with Crippen molar-refractivity contribution in [1.29, 1.82) is 0 Å². The second kappa shape index (κ2) is 12.4. The first-order valence-electron chi connectivity index (χ1n) is 15.5. The SMILES string of the molecule is CC1=CC=C(C2=[C-]CCCC2)[N-]C1.[2H]C([2H])([2H])C1=NC2OC3=C([C@H]4CC=C5CC(C)S[C@H]5[N-]4)[CH-]CCC3C2C=C1.[Ir]. The van der Waals surface area contributed by atoms with E-state index in [0.29, 0.717) is 16.5 Å². The maximum atomic E-state index is 7.62. The summed E-state index contributed by atoms with van der Waals surface area (Å²) in [5.74, 6) is 1.45. The number of rotatable bonds is 2. The minimum absolute atomic E-state index is 0. The number of aliphatic imine (C=N–C) groups is 1. The molecule has 0 spiro atoms. The summed E-state index contributed by atoms with van der Waals surface area (Å²) in [6.45, 7) is 3.08. The molecule has 6 heteroatoms. The van der Waals surface area contributed by atoms with E-state index in [9.17, 15) is 0 Å². The number of nitrogens with zero attached hydrogens (tertiary/aromatic N) is 3. The van der Waals surface area contributed by atoms with Crippen LogP contribution in [0.15, 0.2) is 69.1 Å². The molecule has 38 heavy (non-hydrogen) atoms. The van der Waals surface area contributed by atoms with E-state index in [-0.39, 0.29) is 37.8 Å². The fourth-order valence-electron chi connectivity index (χ4n) is 6.32. The predicted octanol–water partition coefficient (Wildman–Crippen LogP) is 8.29. The molecule has 6 atom stereocenters. The number of hydrogen-bond donors (Lipinski definition) is 0. The molecule has 7 aliphatic rings. The van der Waals surface area contributed by atoms with Crippen LogP contribution in [0.3, 0.4) is 0 Å². The van der Waals surface area contributed by atoms with Crippen molar-refractivity contribution < 1.29 is 29.0 Å². The van der Waals surface area contributed by atoms with Gasteiger partial charge in [-0.25, -0.2) is 17.0 Å². The van der Waals surface area contributed by atoms with Crippen LogP contribution < -0.4 is 0 Å². The van der Waals surface area contributed by atoms with Gasteiger partial charge in [-0.15, -0.1) is 25.4 Å². The third-order valence-corrected chi connectivity index (χ3v) is 9.57. The van der Waals surface area contributed by atoms with Crippen LogP contribution in [0.25, 0.3) is 10.6 Å². The summed E-state index contributed by atoms with van der Waals surface area (Å²) in [6, 6.07) is 0.157. The van der Waals surface area contributed by atoms with E-state index >= 15 is 0 Å². The molecule has 4 unspecified atom stereocenters. The molecule has 5 aliphatic heterocycles. The van der Waals surface area contributed by atoms with E-state index in [2.05, 4.69) is 54.9 Å². The molecule has 2 fully saturated rings. The van der Waals surface area contributed by atoms with E-state index in [0.717, 1.165) is 44.4 Å². The fourth-order valence-corrected chi connectivity index (χ4v) is 7.64. The Balaban J connectivity index is 0.000000204. The molecule has 2 aliphatic carbocycles. The normalized spacial score (nSPS) is 36.6. The van der Waals surface area contributed by atoms with Gasteiger partial charge in [0, 0.05) is 41.1 Å². The van der Waals surface area contributed by atoms with Crippen molar-refractivity contribution in [3.63, 3.8) is 0 Å². The van der Waals surface area contributed by atoms with Gasteiger partial charge in [-0.1, -0.05) is 67.4 Å². The number of thioether (sulfide) groups is 1. The van der Waals surface area contributed by atoms with Crippen LogP contribution in [0.2, 0.25) is 0 Å². The molecular formula is C32H39IrN3OS-4. The Hall–Kier alpha value is -1.46. The van der Waals surface area contributed by atoms with Gasteiger partial charge in [-0.3, -0.25) is 6.08 Å². The second-order valence-corrected chi connectivity index (χ2v) is 12.6. The van der Waals surface area contributed by atoms with Gasteiger partial charge in [0.2, 0.25) is 0 Å². The first-order chi connectivity index (χ1) is 19.3. The molecule has 1 radical (unpaired) electrons. The number of ether oxygens (including phenoxy) is 1. The quantitative estimate of drug-likeness (QED) is 0.214. The smallest absolute Gasteiger partial charge is 0.175 e. The number of hydrogen-bond acceptors (Lipinski definition) is 3. The van der Waals surface area contributed by atoms with Crippen LogP contribution in [-0.2, 0) is 24.8 Å². The first-order valence-corrected chi connectivity index (χ1v) is 14.9. The molecule has 4 nitrogen and oxygen atoms in total. The van der Waals surface area contributed by atoms with Gasteiger partial charge in [0.15, 0.2) is 6.23 Å². The van der Waals surface area contributed by atoms with Crippen LogP contribution in [0.1, 0.15) is 76.2 Å². The molecule has 0 amide bonds. The maximum absolute atomic E-state index is 7.62. The molecule has 0 N–H and O–H groups in total. The zero-order valence-electron chi connectivity index (χ0n) is 25.3. The topological polar surface area (TPSA) is 49.8 Å². The third kappa shape index (κ3) is 5.99. The maximum Gasteiger partial charge on any atom is 0.175 e. The number of fused-ring (bicyclic) bond motifs is 4. The van der Waals surface area contributed by atoms with E-state index < -0.39 is 13.1 Å². The van der Waals surface area contributed by atoms with E-state index in [1.165, 1.54) is 47.3 Å². The summed E-state index contributed by atoms with van der Waals surface area (Å²) in [5.41, 5.74) is 6.72. The Morgan fingerprint density at radius 3 is 3.00 bits per heavy atom. The fraction of sp³-hybridized carbons (Fsp3) is 0.562. The van der Waals surface area contributed by atoms with Gasteiger partial charge in [0.1, 0.15) is 0 Å². The number of dihydropyridines is 1. The molecule has 0 bridgehead atoms. The summed E-state index contributed by atoms with van der Waals surface area (Å²) in [4.78, 5) is 4.43. The molecule has 0 aromatic carbocycles. The number of allylic oxidation sites excluding steroid dienone is 6. The largest absolute Gasteiger partial charge is 0.766 e. The van der Waals surface area contributed by atoms with Gasteiger partial charge in [-0.05, 0) is 44.4 Å². The summed E-state index contributed by atoms with van der Waals surface area (Å²) >= 11 is 1.96. The van der Waals surface area contributed by atoms with E-state index in [1.807, 2.05) is 17.8 Å². The molecule has 0 aromatic heterocycles. The zero-order valence-corrected chi connectivity index (χ0v) is 25.5. The Morgan fingerprint density at radius 2 is 2.21 bits per heavy atom. The Kier molecular flexibility index (Phi) is 7.93. The van der Waals surface area contributed by atoms with E-state index in [4.69, 9.17) is 14.2 Å². The Morgan fingerprint density at radius 1 is 1.29 bits per heavy atom. The first kappa shape index (κ1) is 24.3. The minimum Gasteiger partial charge on any atom is -0.766 e. The summed E-state index contributed by atoms with van der Waals surface area (Å²) in [5, 5.41) is 10.6. The van der Waals surface area contributed by atoms with Gasteiger partial charge in [0.25, 0.3) is 0 Å². The summed E-state index contributed by atoms with van der Waals surface area (Å²) < 4.78 is 29.1. The molecule has 207 valence electrons. The monoisotopic (exact) mass is 709 g/mol. The van der Waals surface area contributed by atoms with Gasteiger partial charge in [-0.2, -0.15) is 23.4 Å². The van der Waals surface area contributed by atoms with Gasteiger partial charge >= 0.3 is 0 Å². The summed E-state index contributed by atoms with van der Waals surface area (Å²) in [7, 11) is 0. The third-order valence-electron chi connectivity index (χ3n) is 8.25.